The van der Waals surface area contributed by atoms with Crippen LogP contribution in [0.5, 0.6) is 0 Å². The van der Waals surface area contributed by atoms with Gasteiger partial charge in [0.2, 0.25) is 10.0 Å². The fourth-order valence-corrected chi connectivity index (χ4v) is 3.56. The third-order valence-electron chi connectivity index (χ3n) is 2.52. The Labute approximate surface area is 111 Å². The van der Waals surface area contributed by atoms with Crippen LogP contribution in [-0.2, 0) is 16.2 Å². The summed E-state index contributed by atoms with van der Waals surface area (Å²) < 4.78 is 63.1. The summed E-state index contributed by atoms with van der Waals surface area (Å²) in [6, 6.07) is 3.34. The summed E-state index contributed by atoms with van der Waals surface area (Å²) in [4.78, 5) is 0. The lowest BCUT2D eigenvalue weighted by Crippen LogP contribution is -2.18. The van der Waals surface area contributed by atoms with Crippen molar-refractivity contribution >= 4 is 31.6 Å². The van der Waals surface area contributed by atoms with E-state index in [0.29, 0.717) is 12.8 Å². The van der Waals surface area contributed by atoms with Crippen molar-refractivity contribution in [3.8, 4) is 0 Å². The Morgan fingerprint density at radius 2 is 1.89 bits per heavy atom. The van der Waals surface area contributed by atoms with E-state index in [2.05, 4.69) is 20.7 Å². The smallest absolute Gasteiger partial charge is 0.282 e. The third-order valence-corrected chi connectivity index (χ3v) is 5.23. The monoisotopic (exact) mass is 343 g/mol. The molecule has 0 aliphatic heterocycles. The van der Waals surface area contributed by atoms with Crippen LogP contribution < -0.4 is 4.72 Å². The molecule has 1 aromatic rings. The van der Waals surface area contributed by atoms with Crippen LogP contribution in [0.25, 0.3) is 0 Å². The van der Waals surface area contributed by atoms with Gasteiger partial charge in [0.15, 0.2) is 0 Å². The molecule has 1 aliphatic carbocycles. The summed E-state index contributed by atoms with van der Waals surface area (Å²) >= 11 is 2.79. The Morgan fingerprint density at radius 3 is 2.39 bits per heavy atom. The largest absolute Gasteiger partial charge is 0.417 e. The molecule has 1 fully saturated rings. The average Bonchev–Trinajstić information content (AvgIpc) is 3.02. The lowest BCUT2D eigenvalue weighted by molar-refractivity contribution is -0.138. The first-order chi connectivity index (χ1) is 8.22. The molecular formula is C10H9BrF3NO2S. The molecule has 8 heteroatoms. The Kier molecular flexibility index (Phi) is 3.35. The number of anilines is 1. The minimum Gasteiger partial charge on any atom is -0.282 e. The Morgan fingerprint density at radius 1 is 1.28 bits per heavy atom. The Balaban J connectivity index is 2.35. The molecule has 100 valence electrons. The van der Waals surface area contributed by atoms with Crippen LogP contribution in [0.3, 0.4) is 0 Å². The highest BCUT2D eigenvalue weighted by Crippen LogP contribution is 2.39. The van der Waals surface area contributed by atoms with Gasteiger partial charge in [-0.25, -0.2) is 8.42 Å². The quantitative estimate of drug-likeness (QED) is 0.914. The van der Waals surface area contributed by atoms with E-state index >= 15 is 0 Å². The van der Waals surface area contributed by atoms with E-state index in [1.54, 1.807) is 0 Å². The molecule has 1 saturated carbocycles. The third kappa shape index (κ3) is 2.80. The molecule has 1 N–H and O–H groups in total. The molecule has 0 spiro atoms. The van der Waals surface area contributed by atoms with Crippen molar-refractivity contribution in [2.75, 3.05) is 4.72 Å². The van der Waals surface area contributed by atoms with E-state index in [-0.39, 0.29) is 10.2 Å². The van der Waals surface area contributed by atoms with Crippen molar-refractivity contribution < 1.29 is 21.6 Å². The summed E-state index contributed by atoms with van der Waals surface area (Å²) in [7, 11) is -3.57. The highest BCUT2D eigenvalue weighted by atomic mass is 79.9. The number of benzene rings is 1. The molecule has 18 heavy (non-hydrogen) atoms. The van der Waals surface area contributed by atoms with E-state index in [1.165, 1.54) is 12.1 Å². The molecule has 0 amide bonds. The van der Waals surface area contributed by atoms with Gasteiger partial charge in [0.1, 0.15) is 0 Å². The Hall–Kier alpha value is -0.760. The lowest BCUT2D eigenvalue weighted by atomic mass is 10.2. The van der Waals surface area contributed by atoms with Gasteiger partial charge in [0.25, 0.3) is 0 Å². The molecule has 1 aromatic carbocycles. The number of nitrogens with one attached hydrogen (secondary N) is 1. The maximum Gasteiger partial charge on any atom is 0.417 e. The van der Waals surface area contributed by atoms with Crippen LogP contribution in [0.2, 0.25) is 0 Å². The second-order valence-electron chi connectivity index (χ2n) is 4.01. The van der Waals surface area contributed by atoms with Crippen molar-refractivity contribution in [2.24, 2.45) is 0 Å². The first-order valence-electron chi connectivity index (χ1n) is 5.09. The first-order valence-corrected chi connectivity index (χ1v) is 7.43. The summed E-state index contributed by atoms with van der Waals surface area (Å²) in [5, 5.41) is -0.487. The normalized spacial score (nSPS) is 16.7. The SMILES string of the molecule is O=S(=O)(Nc1cccc(C(F)(F)F)c1Br)C1CC1. The van der Waals surface area contributed by atoms with Crippen molar-refractivity contribution in [2.45, 2.75) is 24.3 Å². The van der Waals surface area contributed by atoms with Crippen LogP contribution in [0.4, 0.5) is 18.9 Å². The predicted octanol–water partition coefficient (Wildman–Crippen LogP) is 3.37. The van der Waals surface area contributed by atoms with Gasteiger partial charge in [-0.2, -0.15) is 13.2 Å². The van der Waals surface area contributed by atoms with Crippen molar-refractivity contribution in [1.82, 2.24) is 0 Å². The number of halogens is 4. The zero-order chi connectivity index (χ0) is 13.6. The molecule has 0 saturated heterocycles. The second kappa shape index (κ2) is 4.41. The number of hydrogen-bond acceptors (Lipinski definition) is 2. The van der Waals surface area contributed by atoms with Crippen molar-refractivity contribution in [1.29, 1.82) is 0 Å². The van der Waals surface area contributed by atoms with Crippen LogP contribution in [-0.4, -0.2) is 13.7 Å². The maximum absolute atomic E-state index is 12.6. The number of sulfonamides is 1. The van der Waals surface area contributed by atoms with E-state index in [9.17, 15) is 21.6 Å². The zero-order valence-electron chi connectivity index (χ0n) is 8.96. The van der Waals surface area contributed by atoms with Crippen LogP contribution >= 0.6 is 15.9 Å². The highest BCUT2D eigenvalue weighted by Gasteiger charge is 2.37. The molecule has 1 aliphatic rings. The number of hydrogen-bond donors (Lipinski definition) is 1. The molecule has 0 unspecified atom stereocenters. The van der Waals surface area contributed by atoms with Crippen LogP contribution in [0.1, 0.15) is 18.4 Å². The van der Waals surface area contributed by atoms with E-state index in [4.69, 9.17) is 0 Å². The fraction of sp³-hybridized carbons (Fsp3) is 0.400. The predicted molar refractivity (Wildman–Crippen MR) is 64.7 cm³/mol. The second-order valence-corrected chi connectivity index (χ2v) is 6.77. The van der Waals surface area contributed by atoms with E-state index in [0.717, 1.165) is 6.07 Å². The van der Waals surface area contributed by atoms with E-state index < -0.39 is 27.0 Å². The molecule has 0 radical (unpaired) electrons. The van der Waals surface area contributed by atoms with E-state index in [1.807, 2.05) is 0 Å². The molecule has 3 nitrogen and oxygen atoms in total. The zero-order valence-corrected chi connectivity index (χ0v) is 11.4. The van der Waals surface area contributed by atoms with Gasteiger partial charge in [-0.05, 0) is 40.9 Å². The van der Waals surface area contributed by atoms with Crippen molar-refractivity contribution in [3.63, 3.8) is 0 Å². The number of alkyl halides is 3. The molecule has 0 bridgehead atoms. The van der Waals surface area contributed by atoms with Crippen molar-refractivity contribution in [3.05, 3.63) is 28.2 Å². The van der Waals surface area contributed by atoms with Crippen LogP contribution in [0, 0.1) is 0 Å². The van der Waals surface area contributed by atoms with Gasteiger partial charge >= 0.3 is 6.18 Å². The minimum atomic E-state index is -4.53. The molecule has 2 rings (SSSR count). The maximum atomic E-state index is 12.6. The highest BCUT2D eigenvalue weighted by molar-refractivity contribution is 9.10. The fourth-order valence-electron chi connectivity index (χ4n) is 1.44. The van der Waals surface area contributed by atoms with Crippen LogP contribution in [0.15, 0.2) is 22.7 Å². The Bertz CT molecular complexity index is 567. The lowest BCUT2D eigenvalue weighted by Gasteiger charge is -2.14. The minimum absolute atomic E-state index is 0.0864. The van der Waals surface area contributed by atoms with Gasteiger partial charge in [0, 0.05) is 0 Å². The first kappa shape index (κ1) is 13.7. The summed E-state index contributed by atoms with van der Waals surface area (Å²) in [6.07, 6.45) is -3.43. The molecule has 0 aromatic heterocycles. The number of rotatable bonds is 3. The molecule has 0 atom stereocenters. The van der Waals surface area contributed by atoms with Gasteiger partial charge in [-0.3, -0.25) is 4.72 Å². The molecule has 0 heterocycles. The van der Waals surface area contributed by atoms with Gasteiger partial charge in [-0.15, -0.1) is 0 Å². The summed E-state index contributed by atoms with van der Waals surface area (Å²) in [6.45, 7) is 0. The summed E-state index contributed by atoms with van der Waals surface area (Å²) in [5.41, 5.74) is -0.991. The summed E-state index contributed by atoms with van der Waals surface area (Å²) in [5.74, 6) is 0. The topological polar surface area (TPSA) is 46.2 Å². The standard InChI is InChI=1S/C10H9BrF3NO2S/c11-9-7(10(12,13)14)2-1-3-8(9)15-18(16,17)6-4-5-6/h1-3,6,15H,4-5H2. The average molecular weight is 344 g/mol. The van der Waals surface area contributed by atoms with Gasteiger partial charge in [0.05, 0.1) is 21.0 Å². The van der Waals surface area contributed by atoms with Gasteiger partial charge in [-0.1, -0.05) is 6.07 Å². The molecular weight excluding hydrogens is 335 g/mol. The van der Waals surface area contributed by atoms with Gasteiger partial charge < -0.3 is 0 Å².